The van der Waals surface area contributed by atoms with Crippen molar-refractivity contribution in [1.29, 1.82) is 0 Å². The van der Waals surface area contributed by atoms with E-state index < -0.39 is 0 Å². The lowest BCUT2D eigenvalue weighted by molar-refractivity contribution is 0.338. The van der Waals surface area contributed by atoms with Crippen LogP contribution in [0.25, 0.3) is 0 Å². The van der Waals surface area contributed by atoms with Crippen LogP contribution in [0.15, 0.2) is 18.2 Å². The lowest BCUT2D eigenvalue weighted by Crippen LogP contribution is -2.12. The molecule has 5 nitrogen and oxygen atoms in total. The molecule has 5 heteroatoms. The Morgan fingerprint density at radius 1 is 1.44 bits per heavy atom. The molecule has 0 fully saturated rings. The van der Waals surface area contributed by atoms with Gasteiger partial charge >= 0.3 is 0 Å². The van der Waals surface area contributed by atoms with E-state index in [0.717, 1.165) is 28.4 Å². The monoisotopic (exact) mass is 245 g/mol. The highest BCUT2D eigenvalue weighted by Gasteiger charge is 2.25. The normalized spacial score (nSPS) is 17.3. The summed E-state index contributed by atoms with van der Waals surface area (Å²) in [6, 6.07) is 5.30. The third-order valence-corrected chi connectivity index (χ3v) is 3.22. The average molecular weight is 245 g/mol. The molecule has 18 heavy (non-hydrogen) atoms. The number of ether oxygens (including phenoxy) is 1. The van der Waals surface area contributed by atoms with E-state index in [0.29, 0.717) is 6.61 Å². The lowest BCUT2D eigenvalue weighted by Gasteiger charge is -2.13. The first-order valence-corrected chi connectivity index (χ1v) is 5.89. The fourth-order valence-electron chi connectivity index (χ4n) is 2.26. The molecule has 0 saturated heterocycles. The largest absolute Gasteiger partial charge is 0.508 e. The molecule has 1 atom stereocenters. The van der Waals surface area contributed by atoms with E-state index in [-0.39, 0.29) is 11.8 Å². The minimum Gasteiger partial charge on any atom is -0.508 e. The fourth-order valence-corrected chi connectivity index (χ4v) is 2.26. The van der Waals surface area contributed by atoms with Crippen LogP contribution in [-0.2, 0) is 0 Å². The molecular formula is C13H15N3O2. The van der Waals surface area contributed by atoms with Crippen LogP contribution in [0.2, 0.25) is 0 Å². The van der Waals surface area contributed by atoms with Crippen LogP contribution in [-0.4, -0.2) is 21.9 Å². The van der Waals surface area contributed by atoms with E-state index >= 15 is 0 Å². The molecule has 3 N–H and O–H groups in total. The predicted molar refractivity (Wildman–Crippen MR) is 68.0 cm³/mol. The van der Waals surface area contributed by atoms with E-state index in [1.165, 1.54) is 0 Å². The maximum Gasteiger partial charge on any atom is 0.128 e. The number of H-pyrrole nitrogens is 1. The lowest BCUT2D eigenvalue weighted by atomic mass is 10.1. The average Bonchev–Trinajstić information content (AvgIpc) is 2.87. The quantitative estimate of drug-likeness (QED) is 0.759. The van der Waals surface area contributed by atoms with Gasteiger partial charge in [-0.3, -0.25) is 5.10 Å². The SMILES string of the molecule is Cc1n[nH]c(C)c1NC1COc2cc(O)ccc21. The van der Waals surface area contributed by atoms with Gasteiger partial charge in [0.1, 0.15) is 18.1 Å². The molecule has 2 heterocycles. The highest BCUT2D eigenvalue weighted by Crippen LogP contribution is 2.37. The van der Waals surface area contributed by atoms with Crippen molar-refractivity contribution in [3.05, 3.63) is 35.2 Å². The molecule has 0 saturated carbocycles. The zero-order valence-electron chi connectivity index (χ0n) is 10.3. The summed E-state index contributed by atoms with van der Waals surface area (Å²) in [5.74, 6) is 0.969. The molecule has 0 bridgehead atoms. The van der Waals surface area contributed by atoms with Crippen LogP contribution in [0.5, 0.6) is 11.5 Å². The van der Waals surface area contributed by atoms with E-state index in [1.807, 2.05) is 19.9 Å². The highest BCUT2D eigenvalue weighted by molar-refractivity contribution is 5.55. The number of hydrogen-bond donors (Lipinski definition) is 3. The number of benzene rings is 1. The summed E-state index contributed by atoms with van der Waals surface area (Å²) in [5.41, 5.74) is 4.04. The number of phenols is 1. The molecule has 0 amide bonds. The van der Waals surface area contributed by atoms with Crippen molar-refractivity contribution in [3.8, 4) is 11.5 Å². The van der Waals surface area contributed by atoms with E-state index in [4.69, 9.17) is 4.74 Å². The zero-order chi connectivity index (χ0) is 12.7. The van der Waals surface area contributed by atoms with Crippen LogP contribution in [0.4, 0.5) is 5.69 Å². The Morgan fingerprint density at radius 3 is 3.00 bits per heavy atom. The van der Waals surface area contributed by atoms with Crippen molar-refractivity contribution in [1.82, 2.24) is 10.2 Å². The number of anilines is 1. The van der Waals surface area contributed by atoms with Gasteiger partial charge in [-0.05, 0) is 26.0 Å². The number of aromatic nitrogens is 2. The molecule has 1 aromatic carbocycles. The standard InChI is InChI=1S/C13H15N3O2/c1-7-13(8(2)16-15-7)14-11-6-18-12-5-9(17)3-4-10(11)12/h3-5,11,14,17H,6H2,1-2H3,(H,15,16). The molecule has 1 aliphatic heterocycles. The van der Waals surface area contributed by atoms with Crippen molar-refractivity contribution in [2.24, 2.45) is 0 Å². The maximum atomic E-state index is 9.41. The second-order valence-electron chi connectivity index (χ2n) is 4.54. The molecule has 0 spiro atoms. The molecule has 0 radical (unpaired) electrons. The molecular weight excluding hydrogens is 230 g/mol. The number of rotatable bonds is 2. The number of fused-ring (bicyclic) bond motifs is 1. The summed E-state index contributed by atoms with van der Waals surface area (Å²) in [6.45, 7) is 4.50. The van der Waals surface area contributed by atoms with Gasteiger partial charge in [-0.25, -0.2) is 0 Å². The zero-order valence-corrected chi connectivity index (χ0v) is 10.3. The van der Waals surface area contributed by atoms with Gasteiger partial charge in [0.15, 0.2) is 0 Å². The van der Waals surface area contributed by atoms with Crippen molar-refractivity contribution < 1.29 is 9.84 Å². The van der Waals surface area contributed by atoms with Crippen molar-refractivity contribution in [3.63, 3.8) is 0 Å². The smallest absolute Gasteiger partial charge is 0.128 e. The summed E-state index contributed by atoms with van der Waals surface area (Å²) in [4.78, 5) is 0. The van der Waals surface area contributed by atoms with Gasteiger partial charge in [-0.15, -0.1) is 0 Å². The second kappa shape index (κ2) is 3.94. The van der Waals surface area contributed by atoms with Gasteiger partial charge in [0.25, 0.3) is 0 Å². The first-order valence-electron chi connectivity index (χ1n) is 5.89. The molecule has 0 aliphatic carbocycles. The Bertz CT molecular complexity index is 572. The molecule has 1 aromatic heterocycles. The predicted octanol–water partition coefficient (Wildman–Crippen LogP) is 2.28. The third kappa shape index (κ3) is 1.68. The maximum absolute atomic E-state index is 9.41. The molecule has 1 unspecified atom stereocenters. The van der Waals surface area contributed by atoms with E-state index in [2.05, 4.69) is 15.5 Å². The first kappa shape index (κ1) is 11.0. The number of aromatic amines is 1. The summed E-state index contributed by atoms with van der Waals surface area (Å²) < 4.78 is 5.57. The number of aryl methyl sites for hydroxylation is 2. The van der Waals surface area contributed by atoms with Crippen molar-refractivity contribution >= 4 is 5.69 Å². The molecule has 94 valence electrons. The first-order chi connectivity index (χ1) is 8.65. The Labute approximate surface area is 105 Å². The number of nitrogens with zero attached hydrogens (tertiary/aromatic N) is 1. The van der Waals surface area contributed by atoms with Crippen molar-refractivity contribution in [2.45, 2.75) is 19.9 Å². The van der Waals surface area contributed by atoms with Crippen LogP contribution in [0.1, 0.15) is 23.0 Å². The molecule has 3 rings (SSSR count). The van der Waals surface area contributed by atoms with Gasteiger partial charge in [0.05, 0.1) is 23.1 Å². The van der Waals surface area contributed by atoms with Crippen LogP contribution >= 0.6 is 0 Å². The van der Waals surface area contributed by atoms with Gasteiger partial charge < -0.3 is 15.2 Å². The fraction of sp³-hybridized carbons (Fsp3) is 0.308. The number of aromatic hydroxyl groups is 1. The second-order valence-corrected chi connectivity index (χ2v) is 4.54. The van der Waals surface area contributed by atoms with Crippen molar-refractivity contribution in [2.75, 3.05) is 11.9 Å². The number of nitrogens with one attached hydrogen (secondary N) is 2. The number of hydrogen-bond acceptors (Lipinski definition) is 4. The minimum absolute atomic E-state index is 0.0931. The van der Waals surface area contributed by atoms with Crippen LogP contribution in [0.3, 0.4) is 0 Å². The number of phenolic OH excluding ortho intramolecular Hbond substituents is 1. The Morgan fingerprint density at radius 2 is 2.28 bits per heavy atom. The summed E-state index contributed by atoms with van der Waals surface area (Å²) in [7, 11) is 0. The van der Waals surface area contributed by atoms with Crippen LogP contribution < -0.4 is 10.1 Å². The molecule has 2 aromatic rings. The highest BCUT2D eigenvalue weighted by atomic mass is 16.5. The van der Waals surface area contributed by atoms with E-state index in [9.17, 15) is 5.11 Å². The Hall–Kier alpha value is -2.17. The van der Waals surface area contributed by atoms with Crippen LogP contribution in [0, 0.1) is 13.8 Å². The summed E-state index contributed by atoms with van der Waals surface area (Å²) in [5, 5.41) is 20.0. The van der Waals surface area contributed by atoms with Gasteiger partial charge in [0.2, 0.25) is 0 Å². The molecule has 1 aliphatic rings. The van der Waals surface area contributed by atoms with Gasteiger partial charge in [-0.1, -0.05) is 0 Å². The van der Waals surface area contributed by atoms with Gasteiger partial charge in [0, 0.05) is 11.6 Å². The summed E-state index contributed by atoms with van der Waals surface area (Å²) in [6.07, 6.45) is 0. The topological polar surface area (TPSA) is 70.2 Å². The Balaban J connectivity index is 1.89. The Kier molecular flexibility index (Phi) is 2.40. The van der Waals surface area contributed by atoms with Gasteiger partial charge in [-0.2, -0.15) is 5.10 Å². The minimum atomic E-state index is 0.0931. The van der Waals surface area contributed by atoms with E-state index in [1.54, 1.807) is 12.1 Å². The third-order valence-electron chi connectivity index (χ3n) is 3.22. The summed E-state index contributed by atoms with van der Waals surface area (Å²) >= 11 is 0.